The van der Waals surface area contributed by atoms with Gasteiger partial charge >= 0.3 is 0 Å². The number of pyridine rings is 1. The molecule has 0 saturated carbocycles. The van der Waals surface area contributed by atoms with Crippen molar-refractivity contribution in [1.82, 2.24) is 0 Å². The molecule has 4 rings (SSSR count). The number of ether oxygens (including phenoxy) is 2. The highest BCUT2D eigenvalue weighted by molar-refractivity contribution is 8.03. The van der Waals surface area contributed by atoms with Gasteiger partial charge in [-0.25, -0.2) is 0 Å². The van der Waals surface area contributed by atoms with Crippen molar-refractivity contribution in [3.8, 4) is 11.5 Å². The minimum atomic E-state index is 0. The van der Waals surface area contributed by atoms with E-state index in [2.05, 4.69) is 65.9 Å². The van der Waals surface area contributed by atoms with Crippen molar-refractivity contribution in [3.05, 3.63) is 59.3 Å². The van der Waals surface area contributed by atoms with E-state index in [-0.39, 0.29) is 24.0 Å². The summed E-state index contributed by atoms with van der Waals surface area (Å²) < 4.78 is 13.1. The minimum absolute atomic E-state index is 0. The summed E-state index contributed by atoms with van der Waals surface area (Å²) in [5, 5.41) is 2.38. The van der Waals surface area contributed by atoms with E-state index >= 15 is 0 Å². The summed E-state index contributed by atoms with van der Waals surface area (Å²) in [5.41, 5.74) is 3.57. The number of methoxy groups -OCH3 is 2. The fourth-order valence-electron chi connectivity index (χ4n) is 3.45. The Kier molecular flexibility index (Phi) is 6.40. The number of aryl methyl sites for hydroxylation is 1. The highest BCUT2D eigenvalue weighted by atomic mass is 127. The molecule has 0 radical (unpaired) electrons. The van der Waals surface area contributed by atoms with Gasteiger partial charge in [0, 0.05) is 36.2 Å². The smallest absolute Gasteiger partial charge is 0.213 e. The SMILES string of the molecule is CC[n+]1c(/C=C2/Sc3ccc(OC)cc3N2C)ccc2cc(OC)ccc21.[I-]. The molecule has 0 spiro atoms. The molecule has 2 heterocycles. The van der Waals surface area contributed by atoms with Crippen molar-refractivity contribution in [2.24, 2.45) is 0 Å². The van der Waals surface area contributed by atoms with Crippen LogP contribution in [0.3, 0.4) is 0 Å². The van der Waals surface area contributed by atoms with E-state index in [4.69, 9.17) is 9.47 Å². The highest BCUT2D eigenvalue weighted by Gasteiger charge is 2.24. The predicted octanol–water partition coefficient (Wildman–Crippen LogP) is 1.71. The van der Waals surface area contributed by atoms with Crippen molar-refractivity contribution in [3.63, 3.8) is 0 Å². The topological polar surface area (TPSA) is 25.6 Å². The van der Waals surface area contributed by atoms with Gasteiger partial charge in [0.15, 0.2) is 0 Å². The number of benzene rings is 2. The van der Waals surface area contributed by atoms with E-state index in [0.29, 0.717) is 0 Å². The molecule has 0 saturated heterocycles. The largest absolute Gasteiger partial charge is 1.00 e. The molecule has 0 atom stereocenters. The van der Waals surface area contributed by atoms with Crippen LogP contribution >= 0.6 is 11.8 Å². The van der Waals surface area contributed by atoms with E-state index in [1.807, 2.05) is 12.1 Å². The summed E-state index contributed by atoms with van der Waals surface area (Å²) >= 11 is 1.79. The summed E-state index contributed by atoms with van der Waals surface area (Å²) in [6.07, 6.45) is 2.25. The average molecular weight is 506 g/mol. The molecule has 1 aliphatic heterocycles. The molecule has 0 unspecified atom stereocenters. The zero-order valence-corrected chi connectivity index (χ0v) is 19.4. The second-order valence-electron chi connectivity index (χ2n) is 6.40. The van der Waals surface area contributed by atoms with Gasteiger partial charge in [0.2, 0.25) is 11.2 Å². The summed E-state index contributed by atoms with van der Waals surface area (Å²) in [4.78, 5) is 3.47. The molecule has 2 aromatic carbocycles. The number of nitrogens with zero attached hydrogens (tertiary/aromatic N) is 2. The fourth-order valence-corrected chi connectivity index (χ4v) is 4.52. The van der Waals surface area contributed by atoms with Crippen LogP contribution in [0.1, 0.15) is 12.6 Å². The molecule has 3 aromatic rings. The first-order valence-corrected chi connectivity index (χ1v) is 9.78. The number of fused-ring (bicyclic) bond motifs is 2. The second-order valence-corrected chi connectivity index (χ2v) is 7.47. The monoisotopic (exact) mass is 506 g/mol. The number of aromatic nitrogens is 1. The molecule has 0 bridgehead atoms. The zero-order chi connectivity index (χ0) is 19.0. The number of hydrogen-bond donors (Lipinski definition) is 0. The Labute approximate surface area is 187 Å². The third kappa shape index (κ3) is 3.67. The third-order valence-corrected chi connectivity index (χ3v) is 6.10. The molecule has 28 heavy (non-hydrogen) atoms. The molecular formula is C22H23IN2O2S. The Hall–Kier alpha value is -1.93. The maximum Gasteiger partial charge on any atom is 0.213 e. The van der Waals surface area contributed by atoms with Crippen molar-refractivity contribution in [1.29, 1.82) is 0 Å². The van der Waals surface area contributed by atoms with Gasteiger partial charge in [0.1, 0.15) is 18.0 Å². The Morgan fingerprint density at radius 1 is 1.00 bits per heavy atom. The standard InChI is InChI=1S/C22H23N2O2S.HI/c1-5-24-16(7-6-15-12-17(25-3)8-10-19(15)24)13-22-23(2)20-14-18(26-4)9-11-21(20)27-22;/h6-14H,5H2,1-4H3;1H/q+1;/p-1. The lowest BCUT2D eigenvalue weighted by Gasteiger charge is -2.14. The lowest BCUT2D eigenvalue weighted by atomic mass is 10.1. The van der Waals surface area contributed by atoms with Crippen LogP contribution < -0.4 is 42.9 Å². The molecule has 6 heteroatoms. The maximum absolute atomic E-state index is 5.38. The van der Waals surface area contributed by atoms with Gasteiger partial charge in [-0.3, -0.25) is 0 Å². The van der Waals surface area contributed by atoms with Crippen molar-refractivity contribution < 1.29 is 38.0 Å². The number of rotatable bonds is 4. The lowest BCUT2D eigenvalue weighted by Crippen LogP contribution is -3.00. The lowest BCUT2D eigenvalue weighted by molar-refractivity contribution is -0.669. The van der Waals surface area contributed by atoms with Crippen molar-refractivity contribution in [2.75, 3.05) is 26.2 Å². The molecule has 1 aliphatic rings. The van der Waals surface area contributed by atoms with E-state index in [9.17, 15) is 0 Å². The Bertz CT molecular complexity index is 1050. The second kappa shape index (κ2) is 8.61. The fraction of sp³-hybridized carbons (Fsp3) is 0.227. The summed E-state index contributed by atoms with van der Waals surface area (Å²) in [5.74, 6) is 1.76. The average Bonchev–Trinajstić information content (AvgIpc) is 3.02. The van der Waals surface area contributed by atoms with E-state index in [1.54, 1.807) is 26.0 Å². The number of anilines is 1. The molecule has 146 valence electrons. The molecule has 0 aliphatic carbocycles. The molecule has 0 fully saturated rings. The van der Waals surface area contributed by atoms with E-state index < -0.39 is 0 Å². The van der Waals surface area contributed by atoms with Crippen molar-refractivity contribution in [2.45, 2.75) is 18.4 Å². The minimum Gasteiger partial charge on any atom is -1.00 e. The van der Waals surface area contributed by atoms with Gasteiger partial charge in [0.05, 0.1) is 30.3 Å². The van der Waals surface area contributed by atoms with E-state index in [0.717, 1.165) is 18.0 Å². The van der Waals surface area contributed by atoms with Gasteiger partial charge < -0.3 is 38.4 Å². The number of halogens is 1. The van der Waals surface area contributed by atoms with Crippen LogP contribution in [-0.4, -0.2) is 21.3 Å². The maximum atomic E-state index is 5.38. The van der Waals surface area contributed by atoms with Gasteiger partial charge in [-0.2, -0.15) is 4.57 Å². The van der Waals surface area contributed by atoms with Gasteiger partial charge in [-0.1, -0.05) is 11.8 Å². The third-order valence-electron chi connectivity index (χ3n) is 4.93. The Balaban J connectivity index is 0.00000225. The molecule has 4 nitrogen and oxygen atoms in total. The summed E-state index contributed by atoms with van der Waals surface area (Å²) in [6, 6.07) is 16.8. The van der Waals surface area contributed by atoms with Crippen LogP contribution in [0.2, 0.25) is 0 Å². The Morgan fingerprint density at radius 2 is 1.71 bits per heavy atom. The summed E-state index contributed by atoms with van der Waals surface area (Å²) in [6.45, 7) is 3.08. The van der Waals surface area contributed by atoms with Gasteiger partial charge in [-0.05, 0) is 37.3 Å². The Morgan fingerprint density at radius 3 is 2.43 bits per heavy atom. The summed E-state index contributed by atoms with van der Waals surface area (Å²) in [7, 11) is 5.51. The first-order valence-electron chi connectivity index (χ1n) is 8.96. The number of thioether (sulfide) groups is 1. The molecule has 0 amide bonds. The highest BCUT2D eigenvalue weighted by Crippen LogP contribution is 2.46. The van der Waals surface area contributed by atoms with Gasteiger partial charge in [-0.15, -0.1) is 0 Å². The van der Waals surface area contributed by atoms with Crippen LogP contribution in [0, 0.1) is 0 Å². The van der Waals surface area contributed by atoms with E-state index in [1.165, 1.54) is 32.2 Å². The molecule has 1 aromatic heterocycles. The van der Waals surface area contributed by atoms with Crippen LogP contribution in [-0.2, 0) is 6.54 Å². The molecular weight excluding hydrogens is 483 g/mol. The van der Waals surface area contributed by atoms with Crippen LogP contribution in [0.5, 0.6) is 11.5 Å². The number of hydrogen-bond acceptors (Lipinski definition) is 4. The predicted molar refractivity (Wildman–Crippen MR) is 112 cm³/mol. The van der Waals surface area contributed by atoms with Gasteiger partial charge in [0.25, 0.3) is 0 Å². The first kappa shape index (κ1) is 20.8. The van der Waals surface area contributed by atoms with Crippen LogP contribution in [0.15, 0.2) is 58.5 Å². The normalized spacial score (nSPS) is 14.1. The first-order chi connectivity index (χ1) is 13.1. The van der Waals surface area contributed by atoms with Crippen molar-refractivity contribution >= 4 is 34.4 Å². The zero-order valence-electron chi connectivity index (χ0n) is 16.4. The quantitative estimate of drug-likeness (QED) is 0.398. The van der Waals surface area contributed by atoms with Crippen LogP contribution in [0.25, 0.3) is 17.0 Å². The molecule has 0 N–H and O–H groups in total. The van der Waals surface area contributed by atoms with Crippen LogP contribution in [0.4, 0.5) is 5.69 Å².